The number of ether oxygens (including phenoxy) is 2. The Morgan fingerprint density at radius 2 is 1.79 bits per heavy atom. The number of nitrogens with zero attached hydrogens (tertiary/aromatic N) is 5. The molecule has 43 heavy (non-hydrogen) atoms. The number of rotatable bonds is 9. The van der Waals surface area contributed by atoms with Crippen LogP contribution in [0, 0.1) is 11.7 Å². The van der Waals surface area contributed by atoms with Gasteiger partial charge in [0.25, 0.3) is 11.8 Å². The maximum absolute atomic E-state index is 15.1. The highest BCUT2D eigenvalue weighted by atomic mass is 19.1. The Morgan fingerprint density at radius 3 is 2.44 bits per heavy atom. The first kappa shape index (κ1) is 30.1. The lowest BCUT2D eigenvalue weighted by atomic mass is 9.49. The molecule has 0 bridgehead atoms. The van der Waals surface area contributed by atoms with Crippen molar-refractivity contribution < 1.29 is 28.2 Å². The van der Waals surface area contributed by atoms with Gasteiger partial charge in [-0.15, -0.1) is 10.2 Å². The van der Waals surface area contributed by atoms with Crippen LogP contribution in [0.2, 0.25) is 0 Å². The van der Waals surface area contributed by atoms with E-state index < -0.39 is 17.0 Å². The van der Waals surface area contributed by atoms with Crippen LogP contribution in [0.4, 0.5) is 21.6 Å². The number of nitrogens with one attached hydrogen (secondary N) is 3. The molecule has 0 spiro atoms. The van der Waals surface area contributed by atoms with E-state index in [0.717, 1.165) is 18.9 Å². The monoisotopic (exact) mass is 582 g/mol. The minimum absolute atomic E-state index is 0.00176. The minimum atomic E-state index is -2.08. The largest absolute Gasteiger partial charge is 0.494 e. The molecule has 3 amide bonds. The van der Waals surface area contributed by atoms with E-state index in [4.69, 9.17) is 33.0 Å². The summed E-state index contributed by atoms with van der Waals surface area (Å²) < 4.78 is 27.5. The van der Waals surface area contributed by atoms with Crippen molar-refractivity contribution in [3.8, 4) is 17.0 Å². The van der Waals surface area contributed by atoms with Crippen LogP contribution in [0.15, 0.2) is 24.3 Å². The number of amides is 3. The molecule has 216 valence electrons. The molecule has 2 aromatic heterocycles. The van der Waals surface area contributed by atoms with E-state index >= 15 is 4.39 Å². The van der Waals surface area contributed by atoms with Crippen molar-refractivity contribution in [2.24, 2.45) is 13.0 Å². The number of aryl methyl sites for hydroxylation is 1. The SMILES string of the molecule is [B]C([B])([B])NC(=O)c1nnc(NC(=O)C2CC2)cc1Nc1cc(F)cc(-c2cc(C(=O)N3CCOCC3)n(C)n2)c1OC. The van der Waals surface area contributed by atoms with Gasteiger partial charge >= 0.3 is 0 Å². The Balaban J connectivity index is 1.52. The molecule has 1 aliphatic carbocycles. The van der Waals surface area contributed by atoms with E-state index in [9.17, 15) is 14.4 Å². The summed E-state index contributed by atoms with van der Waals surface area (Å²) in [6.45, 7) is 1.74. The van der Waals surface area contributed by atoms with Crippen LogP contribution < -0.4 is 20.7 Å². The van der Waals surface area contributed by atoms with Crippen LogP contribution in [-0.2, 0) is 16.6 Å². The molecule has 0 atom stereocenters. The summed E-state index contributed by atoms with van der Waals surface area (Å²) >= 11 is 0. The fraction of sp³-hybridized carbons (Fsp3) is 0.385. The van der Waals surface area contributed by atoms with Crippen molar-refractivity contribution in [1.82, 2.24) is 30.2 Å². The first-order chi connectivity index (χ1) is 20.4. The summed E-state index contributed by atoms with van der Waals surface area (Å²) in [7, 11) is 19.6. The van der Waals surface area contributed by atoms with Crippen LogP contribution in [-0.4, -0.2) is 105 Å². The number of anilines is 3. The summed E-state index contributed by atoms with van der Waals surface area (Å²) in [4.78, 5) is 40.0. The lowest BCUT2D eigenvalue weighted by Gasteiger charge is -2.26. The van der Waals surface area contributed by atoms with E-state index in [1.54, 1.807) is 18.0 Å². The van der Waals surface area contributed by atoms with Crippen LogP contribution in [0.1, 0.15) is 33.8 Å². The third-order valence-electron chi connectivity index (χ3n) is 6.74. The van der Waals surface area contributed by atoms with E-state index in [0.29, 0.717) is 32.0 Å². The van der Waals surface area contributed by atoms with Crippen LogP contribution in [0.25, 0.3) is 11.3 Å². The predicted molar refractivity (Wildman–Crippen MR) is 156 cm³/mol. The Morgan fingerprint density at radius 1 is 1.07 bits per heavy atom. The standard InChI is InChI=1S/C26H26B3FN8O5/c1-37-19(25(41)38-5-7-43-8-6-38)11-16(36-37)15-9-14(30)10-18(22(15)42-2)31-17-12-20(32-23(39)13-3-4-13)34-35-21(17)24(40)33-26(27,28)29/h9-13H,3-8H2,1-2H3,(H,33,40)(H2,31,32,34,39). The fourth-order valence-electron chi connectivity index (χ4n) is 4.51. The lowest BCUT2D eigenvalue weighted by molar-refractivity contribution is -0.117. The molecule has 6 radical (unpaired) electrons. The molecule has 1 aliphatic heterocycles. The zero-order valence-corrected chi connectivity index (χ0v) is 23.5. The van der Waals surface area contributed by atoms with Crippen molar-refractivity contribution in [2.75, 3.05) is 44.0 Å². The number of carbonyl (C=O) groups excluding carboxylic acids is 3. The van der Waals surface area contributed by atoms with Gasteiger partial charge in [0.05, 0.1) is 60.9 Å². The molecular weight excluding hydrogens is 556 g/mol. The molecule has 1 aromatic carbocycles. The highest BCUT2D eigenvalue weighted by molar-refractivity contribution is 6.60. The topological polar surface area (TPSA) is 153 Å². The highest BCUT2D eigenvalue weighted by Crippen LogP contribution is 2.39. The van der Waals surface area contributed by atoms with Crippen molar-refractivity contribution in [3.05, 3.63) is 41.5 Å². The molecule has 1 saturated heterocycles. The molecular formula is C26H26B3FN8O5. The van der Waals surface area contributed by atoms with Crippen molar-refractivity contribution >= 4 is 58.5 Å². The summed E-state index contributed by atoms with van der Waals surface area (Å²) in [5.41, 5.74) is 0.550. The van der Waals surface area contributed by atoms with E-state index in [-0.39, 0.29) is 57.6 Å². The Bertz CT molecular complexity index is 1570. The Kier molecular flexibility index (Phi) is 8.44. The summed E-state index contributed by atoms with van der Waals surface area (Å²) in [5, 5.41) is 18.0. The van der Waals surface area contributed by atoms with E-state index in [1.165, 1.54) is 23.9 Å². The Hall–Kier alpha value is -4.40. The van der Waals surface area contributed by atoms with Crippen LogP contribution in [0.5, 0.6) is 5.75 Å². The number of halogens is 1. The second kappa shape index (κ2) is 12.1. The highest BCUT2D eigenvalue weighted by Gasteiger charge is 2.31. The van der Waals surface area contributed by atoms with Crippen molar-refractivity contribution in [3.63, 3.8) is 0 Å². The molecule has 2 fully saturated rings. The molecule has 5 rings (SSSR count). The first-order valence-electron chi connectivity index (χ1n) is 13.4. The number of carbonyl (C=O) groups is 3. The average molecular weight is 582 g/mol. The van der Waals surface area contributed by atoms with Crippen LogP contribution in [0.3, 0.4) is 0 Å². The lowest BCUT2D eigenvalue weighted by Crippen LogP contribution is -2.50. The van der Waals surface area contributed by atoms with Gasteiger partial charge in [0.2, 0.25) is 5.91 Å². The molecule has 13 nitrogen and oxygen atoms in total. The second-order valence-electron chi connectivity index (χ2n) is 10.2. The van der Waals surface area contributed by atoms with Gasteiger partial charge in [0.15, 0.2) is 17.3 Å². The number of methoxy groups -OCH3 is 1. The zero-order chi connectivity index (χ0) is 30.9. The maximum Gasteiger partial charge on any atom is 0.272 e. The summed E-state index contributed by atoms with van der Waals surface area (Å²) in [6.07, 6.45) is 1.51. The molecule has 3 aromatic rings. The smallest absolute Gasteiger partial charge is 0.272 e. The van der Waals surface area contributed by atoms with Crippen LogP contribution >= 0.6 is 0 Å². The van der Waals surface area contributed by atoms with Gasteiger partial charge in [-0.05, 0) is 25.0 Å². The van der Waals surface area contributed by atoms with Gasteiger partial charge in [-0.25, -0.2) is 4.39 Å². The van der Waals surface area contributed by atoms with Gasteiger partial charge in [0, 0.05) is 43.8 Å². The molecule has 2 aliphatic rings. The second-order valence-corrected chi connectivity index (χ2v) is 10.2. The van der Waals surface area contributed by atoms with E-state index in [2.05, 4.69) is 31.2 Å². The Labute approximate surface area is 250 Å². The molecule has 3 N–H and O–H groups in total. The molecule has 17 heteroatoms. The number of benzene rings is 1. The van der Waals surface area contributed by atoms with Gasteiger partial charge in [0.1, 0.15) is 11.5 Å². The molecule has 3 heterocycles. The third-order valence-corrected chi connectivity index (χ3v) is 6.74. The number of hydrogen-bond acceptors (Lipinski definition) is 9. The summed E-state index contributed by atoms with van der Waals surface area (Å²) in [5.74, 6) is -2.00. The zero-order valence-electron chi connectivity index (χ0n) is 23.5. The van der Waals surface area contributed by atoms with Gasteiger partial charge in [-0.2, -0.15) is 5.10 Å². The normalized spacial score (nSPS) is 15.1. The predicted octanol–water partition coefficient (Wildman–Crippen LogP) is 0.436. The van der Waals surface area contributed by atoms with Crippen molar-refractivity contribution in [2.45, 2.75) is 18.1 Å². The van der Waals surface area contributed by atoms with Gasteiger partial charge in [-0.1, -0.05) is 5.24 Å². The first-order valence-corrected chi connectivity index (χ1v) is 13.4. The molecule has 0 unspecified atom stereocenters. The van der Waals surface area contributed by atoms with Gasteiger partial charge < -0.3 is 30.3 Å². The van der Waals surface area contributed by atoms with Crippen molar-refractivity contribution in [1.29, 1.82) is 0 Å². The van der Waals surface area contributed by atoms with Gasteiger partial charge in [-0.3, -0.25) is 19.1 Å². The fourth-order valence-corrected chi connectivity index (χ4v) is 4.51. The maximum atomic E-state index is 15.1. The quantitative estimate of drug-likeness (QED) is 0.306. The third kappa shape index (κ3) is 6.99. The number of aromatic nitrogens is 4. The van der Waals surface area contributed by atoms with E-state index in [1.807, 2.05) is 0 Å². The summed E-state index contributed by atoms with van der Waals surface area (Å²) in [6, 6.07) is 5.23. The average Bonchev–Trinajstić information content (AvgIpc) is 3.74. The molecule has 1 saturated carbocycles. The number of morpholine rings is 1. The number of hydrogen-bond donors (Lipinski definition) is 3. The minimum Gasteiger partial charge on any atom is -0.494 e.